The fourth-order valence-electron chi connectivity index (χ4n) is 1.62. The number of aromatic carboxylic acids is 1. The second kappa shape index (κ2) is 3.89. The van der Waals surface area contributed by atoms with Crippen LogP contribution in [0.25, 0.3) is 11.0 Å². The number of fused-ring (bicyclic) bond motifs is 1. The number of hydrogen-bond acceptors (Lipinski definition) is 3. The lowest BCUT2D eigenvalue weighted by Crippen LogP contribution is -2.05. The van der Waals surface area contributed by atoms with E-state index >= 15 is 0 Å². The first-order chi connectivity index (χ1) is 7.99. The summed E-state index contributed by atoms with van der Waals surface area (Å²) in [4.78, 5) is 21.5. The van der Waals surface area contributed by atoms with E-state index < -0.39 is 29.9 Å². The second-order valence-corrected chi connectivity index (χ2v) is 3.43. The molecule has 0 saturated carbocycles. The highest BCUT2D eigenvalue weighted by molar-refractivity contribution is 5.97. The van der Waals surface area contributed by atoms with Crippen molar-refractivity contribution in [1.29, 1.82) is 0 Å². The number of furan rings is 1. The van der Waals surface area contributed by atoms with Crippen LogP contribution in [0, 0.1) is 5.82 Å². The molecule has 0 unspecified atom stereocenters. The molecule has 0 radical (unpaired) electrons. The lowest BCUT2D eigenvalue weighted by Gasteiger charge is -1.95. The van der Waals surface area contributed by atoms with Gasteiger partial charge in [-0.15, -0.1) is 0 Å². The maximum absolute atomic E-state index is 12.9. The molecule has 1 aromatic heterocycles. The molecular weight excluding hydrogens is 231 g/mol. The van der Waals surface area contributed by atoms with E-state index in [9.17, 15) is 14.0 Å². The highest BCUT2D eigenvalue weighted by atomic mass is 19.1. The van der Waals surface area contributed by atoms with Gasteiger partial charge in [-0.05, 0) is 12.1 Å². The van der Waals surface area contributed by atoms with Crippen molar-refractivity contribution in [2.24, 2.45) is 0 Å². The van der Waals surface area contributed by atoms with Gasteiger partial charge in [0, 0.05) is 17.0 Å². The SMILES string of the molecule is O=C(O)Cc1c(C(=O)O)oc2cc(F)ccc12. The standard InChI is InChI=1S/C11H7FO5/c12-5-1-2-6-7(4-9(13)14)10(11(15)16)17-8(6)3-5/h1-3H,4H2,(H,13,14)(H,15,16). The Kier molecular flexibility index (Phi) is 2.55. The molecule has 0 aliphatic carbocycles. The molecule has 0 bridgehead atoms. The zero-order valence-corrected chi connectivity index (χ0v) is 8.44. The number of halogens is 1. The zero-order chi connectivity index (χ0) is 12.6. The van der Waals surface area contributed by atoms with Crippen LogP contribution < -0.4 is 0 Å². The largest absolute Gasteiger partial charge is 0.481 e. The van der Waals surface area contributed by atoms with E-state index in [0.29, 0.717) is 5.39 Å². The van der Waals surface area contributed by atoms with Gasteiger partial charge in [0.05, 0.1) is 6.42 Å². The summed E-state index contributed by atoms with van der Waals surface area (Å²) in [5.74, 6) is -3.60. The number of benzene rings is 1. The summed E-state index contributed by atoms with van der Waals surface area (Å²) in [6.07, 6.45) is -0.486. The van der Waals surface area contributed by atoms with Crippen molar-refractivity contribution >= 4 is 22.9 Å². The molecule has 88 valence electrons. The molecule has 0 saturated heterocycles. The van der Waals surface area contributed by atoms with Crippen LogP contribution in [0.5, 0.6) is 0 Å². The van der Waals surface area contributed by atoms with Crippen LogP contribution in [0.3, 0.4) is 0 Å². The fourth-order valence-corrected chi connectivity index (χ4v) is 1.62. The lowest BCUT2D eigenvalue weighted by molar-refractivity contribution is -0.136. The van der Waals surface area contributed by atoms with Gasteiger partial charge >= 0.3 is 11.9 Å². The molecule has 17 heavy (non-hydrogen) atoms. The summed E-state index contributed by atoms with van der Waals surface area (Å²) < 4.78 is 17.9. The fraction of sp³-hybridized carbons (Fsp3) is 0.0909. The van der Waals surface area contributed by atoms with Gasteiger partial charge in [0.15, 0.2) is 0 Å². The predicted octanol–water partition coefficient (Wildman–Crippen LogP) is 1.90. The van der Waals surface area contributed by atoms with Crippen molar-refractivity contribution in [2.75, 3.05) is 0 Å². The minimum absolute atomic E-state index is 0.0265. The Balaban J connectivity index is 2.71. The molecule has 0 aliphatic rings. The third-order valence-corrected chi connectivity index (χ3v) is 2.28. The number of carbonyl (C=O) groups is 2. The van der Waals surface area contributed by atoms with Gasteiger partial charge in [-0.2, -0.15) is 0 Å². The van der Waals surface area contributed by atoms with Gasteiger partial charge < -0.3 is 14.6 Å². The molecule has 5 nitrogen and oxygen atoms in total. The van der Waals surface area contributed by atoms with Gasteiger partial charge in [0.1, 0.15) is 11.4 Å². The summed E-state index contributed by atoms with van der Waals surface area (Å²) in [6.45, 7) is 0. The number of carboxylic acids is 2. The van der Waals surface area contributed by atoms with Crippen molar-refractivity contribution < 1.29 is 28.6 Å². The van der Waals surface area contributed by atoms with Crippen molar-refractivity contribution in [3.63, 3.8) is 0 Å². The highest BCUT2D eigenvalue weighted by Crippen LogP contribution is 2.27. The maximum atomic E-state index is 12.9. The van der Waals surface area contributed by atoms with Crippen molar-refractivity contribution in [2.45, 2.75) is 6.42 Å². The first kappa shape index (κ1) is 11.1. The summed E-state index contributed by atoms with van der Waals surface area (Å²) >= 11 is 0. The zero-order valence-electron chi connectivity index (χ0n) is 8.44. The molecule has 0 amide bonds. The Morgan fingerprint density at radius 1 is 1.29 bits per heavy atom. The lowest BCUT2D eigenvalue weighted by atomic mass is 10.1. The molecule has 6 heteroatoms. The summed E-state index contributed by atoms with van der Waals surface area (Å²) in [5.41, 5.74) is 0.0682. The van der Waals surface area contributed by atoms with Gasteiger partial charge in [0.2, 0.25) is 5.76 Å². The average Bonchev–Trinajstić information content (AvgIpc) is 2.55. The number of aliphatic carboxylic acids is 1. The highest BCUT2D eigenvalue weighted by Gasteiger charge is 2.21. The second-order valence-electron chi connectivity index (χ2n) is 3.43. The van der Waals surface area contributed by atoms with Gasteiger partial charge in [-0.1, -0.05) is 0 Å². The molecule has 0 spiro atoms. The Morgan fingerprint density at radius 2 is 2.00 bits per heavy atom. The smallest absolute Gasteiger partial charge is 0.372 e. The summed E-state index contributed by atoms with van der Waals surface area (Å²) in [6, 6.07) is 3.45. The summed E-state index contributed by atoms with van der Waals surface area (Å²) in [5, 5.41) is 17.9. The Labute approximate surface area is 94.1 Å². The average molecular weight is 238 g/mol. The number of rotatable bonds is 3. The molecule has 0 aliphatic heterocycles. The maximum Gasteiger partial charge on any atom is 0.372 e. The summed E-state index contributed by atoms with van der Waals surface area (Å²) in [7, 11) is 0. The third kappa shape index (κ3) is 1.96. The van der Waals surface area contributed by atoms with Crippen LogP contribution in [0.15, 0.2) is 22.6 Å². The van der Waals surface area contributed by atoms with Crippen molar-refractivity contribution in [3.05, 3.63) is 35.3 Å². The minimum Gasteiger partial charge on any atom is -0.481 e. The quantitative estimate of drug-likeness (QED) is 0.852. The number of carboxylic acid groups (broad SMARTS) is 2. The first-order valence-corrected chi connectivity index (χ1v) is 4.65. The first-order valence-electron chi connectivity index (χ1n) is 4.65. The predicted molar refractivity (Wildman–Crippen MR) is 54.5 cm³/mol. The van der Waals surface area contributed by atoms with Gasteiger partial charge in [0.25, 0.3) is 0 Å². The van der Waals surface area contributed by atoms with Crippen LogP contribution in [-0.2, 0) is 11.2 Å². The monoisotopic (exact) mass is 238 g/mol. The van der Waals surface area contributed by atoms with Gasteiger partial charge in [-0.3, -0.25) is 4.79 Å². The molecule has 1 aromatic carbocycles. The van der Waals surface area contributed by atoms with Crippen LogP contribution in [0.4, 0.5) is 4.39 Å². The molecule has 0 atom stereocenters. The topological polar surface area (TPSA) is 87.7 Å². The normalized spacial score (nSPS) is 10.6. The Bertz CT molecular complexity index is 614. The number of hydrogen-bond donors (Lipinski definition) is 2. The van der Waals surface area contributed by atoms with E-state index in [4.69, 9.17) is 14.6 Å². The minimum atomic E-state index is -1.38. The van der Waals surface area contributed by atoms with Gasteiger partial charge in [-0.25, -0.2) is 9.18 Å². The van der Waals surface area contributed by atoms with Crippen molar-refractivity contribution in [3.8, 4) is 0 Å². The van der Waals surface area contributed by atoms with Crippen LogP contribution in [0.2, 0.25) is 0 Å². The van der Waals surface area contributed by atoms with Crippen LogP contribution in [0.1, 0.15) is 16.1 Å². The molecule has 2 aromatic rings. The van der Waals surface area contributed by atoms with E-state index in [1.165, 1.54) is 6.07 Å². The Hall–Kier alpha value is -2.37. The van der Waals surface area contributed by atoms with Crippen LogP contribution >= 0.6 is 0 Å². The molecule has 0 fully saturated rings. The van der Waals surface area contributed by atoms with E-state index in [1.807, 2.05) is 0 Å². The van der Waals surface area contributed by atoms with E-state index in [2.05, 4.69) is 0 Å². The van der Waals surface area contributed by atoms with E-state index in [1.54, 1.807) is 0 Å². The third-order valence-electron chi connectivity index (χ3n) is 2.28. The van der Waals surface area contributed by atoms with E-state index in [-0.39, 0.29) is 11.1 Å². The molecular formula is C11H7FO5. The molecule has 2 rings (SSSR count). The Morgan fingerprint density at radius 3 is 2.59 bits per heavy atom. The van der Waals surface area contributed by atoms with E-state index in [0.717, 1.165) is 12.1 Å². The van der Waals surface area contributed by atoms with Crippen molar-refractivity contribution in [1.82, 2.24) is 0 Å². The van der Waals surface area contributed by atoms with Crippen LogP contribution in [-0.4, -0.2) is 22.2 Å². The molecule has 2 N–H and O–H groups in total. The molecule has 1 heterocycles.